The van der Waals surface area contributed by atoms with Gasteiger partial charge in [-0.1, -0.05) is 0 Å². The van der Waals surface area contributed by atoms with Crippen LogP contribution in [0, 0.1) is 0 Å². The molecule has 0 radical (unpaired) electrons. The lowest BCUT2D eigenvalue weighted by atomic mass is 9.93. The van der Waals surface area contributed by atoms with Gasteiger partial charge in [0.05, 0.1) is 41.5 Å². The minimum atomic E-state index is -0.140. The minimum absolute atomic E-state index is 0.140. The lowest BCUT2D eigenvalue weighted by Crippen LogP contribution is -2.17. The molecule has 4 rings (SSSR count). The summed E-state index contributed by atoms with van der Waals surface area (Å²) in [5.41, 5.74) is 2.29. The van der Waals surface area contributed by atoms with Crippen molar-refractivity contribution in [1.82, 2.24) is 19.2 Å². The Morgan fingerprint density at radius 1 is 1.24 bits per heavy atom. The van der Waals surface area contributed by atoms with Crippen LogP contribution in [0.25, 0.3) is 5.52 Å². The third kappa shape index (κ3) is 2.18. The first kappa shape index (κ1) is 12.1. The lowest BCUT2D eigenvalue weighted by molar-refractivity contribution is 0.102. The van der Waals surface area contributed by atoms with E-state index in [0.717, 1.165) is 11.2 Å². The zero-order valence-electron chi connectivity index (χ0n) is 11.4. The fourth-order valence-corrected chi connectivity index (χ4v) is 2.51. The molecule has 0 saturated heterocycles. The Labute approximate surface area is 121 Å². The van der Waals surface area contributed by atoms with E-state index in [-0.39, 0.29) is 5.91 Å². The SMILES string of the molecule is O=C(Nc1cnn(C2CCC2)c1)c1ccc2cncn2c1. The number of aromatic nitrogens is 4. The van der Waals surface area contributed by atoms with Crippen LogP contribution in [0.5, 0.6) is 0 Å². The van der Waals surface area contributed by atoms with E-state index in [1.165, 1.54) is 19.3 Å². The molecule has 0 bridgehead atoms. The van der Waals surface area contributed by atoms with Gasteiger partial charge in [0.25, 0.3) is 5.91 Å². The van der Waals surface area contributed by atoms with Gasteiger partial charge in [-0.25, -0.2) is 4.98 Å². The van der Waals surface area contributed by atoms with Gasteiger partial charge in [-0.3, -0.25) is 9.48 Å². The molecule has 3 aromatic rings. The highest BCUT2D eigenvalue weighted by Crippen LogP contribution is 2.31. The third-order valence-electron chi connectivity index (χ3n) is 3.98. The number of carbonyl (C=O) groups excluding carboxylic acids is 1. The summed E-state index contributed by atoms with van der Waals surface area (Å²) in [4.78, 5) is 16.3. The molecule has 106 valence electrons. The number of nitrogens with zero attached hydrogens (tertiary/aromatic N) is 4. The van der Waals surface area contributed by atoms with E-state index in [1.807, 2.05) is 21.3 Å². The summed E-state index contributed by atoms with van der Waals surface area (Å²) < 4.78 is 3.77. The molecular formula is C15H15N5O. The van der Waals surface area contributed by atoms with E-state index < -0.39 is 0 Å². The maximum absolute atomic E-state index is 12.3. The number of carbonyl (C=O) groups is 1. The van der Waals surface area contributed by atoms with Crippen LogP contribution in [0.2, 0.25) is 0 Å². The second kappa shape index (κ2) is 4.73. The zero-order chi connectivity index (χ0) is 14.2. The largest absolute Gasteiger partial charge is 0.319 e. The summed E-state index contributed by atoms with van der Waals surface area (Å²) in [6.07, 6.45) is 12.4. The van der Waals surface area contributed by atoms with Crippen molar-refractivity contribution in [2.24, 2.45) is 0 Å². The standard InChI is InChI=1S/C15H15N5O/c21-15(11-4-5-14-7-16-10-19(14)8-11)18-12-6-17-20(9-12)13-2-1-3-13/h4-10,13H,1-3H2,(H,18,21). The fourth-order valence-electron chi connectivity index (χ4n) is 2.51. The molecule has 1 aliphatic rings. The van der Waals surface area contributed by atoms with E-state index in [0.29, 0.717) is 11.6 Å². The number of hydrogen-bond acceptors (Lipinski definition) is 3. The summed E-state index contributed by atoms with van der Waals surface area (Å²) in [6, 6.07) is 4.17. The van der Waals surface area contributed by atoms with Crippen molar-refractivity contribution in [2.75, 3.05) is 5.32 Å². The summed E-state index contributed by atoms with van der Waals surface area (Å²) in [7, 11) is 0. The molecule has 0 aromatic carbocycles. The molecule has 1 fully saturated rings. The molecule has 3 heterocycles. The van der Waals surface area contributed by atoms with Crippen LogP contribution in [-0.2, 0) is 0 Å². The molecule has 1 saturated carbocycles. The summed E-state index contributed by atoms with van der Waals surface area (Å²) in [6.45, 7) is 0. The second-order valence-corrected chi connectivity index (χ2v) is 5.39. The highest BCUT2D eigenvalue weighted by molar-refractivity contribution is 6.04. The number of fused-ring (bicyclic) bond motifs is 1. The van der Waals surface area contributed by atoms with Crippen molar-refractivity contribution < 1.29 is 4.79 Å². The first-order chi connectivity index (χ1) is 10.3. The van der Waals surface area contributed by atoms with Gasteiger partial charge >= 0.3 is 0 Å². The van der Waals surface area contributed by atoms with Gasteiger partial charge in [-0.15, -0.1) is 0 Å². The number of rotatable bonds is 3. The maximum atomic E-state index is 12.3. The minimum Gasteiger partial charge on any atom is -0.319 e. The molecule has 3 aromatic heterocycles. The Kier molecular flexibility index (Phi) is 2.73. The molecule has 0 aliphatic heterocycles. The topological polar surface area (TPSA) is 64.2 Å². The molecular weight excluding hydrogens is 266 g/mol. The third-order valence-corrected chi connectivity index (χ3v) is 3.98. The number of imidazole rings is 1. The van der Waals surface area contributed by atoms with Crippen molar-refractivity contribution in [1.29, 1.82) is 0 Å². The van der Waals surface area contributed by atoms with Crippen LogP contribution in [0.4, 0.5) is 5.69 Å². The molecule has 0 atom stereocenters. The average molecular weight is 281 g/mol. The normalized spacial score (nSPS) is 15.0. The van der Waals surface area contributed by atoms with E-state index >= 15 is 0 Å². The first-order valence-corrected chi connectivity index (χ1v) is 7.07. The second-order valence-electron chi connectivity index (χ2n) is 5.39. The van der Waals surface area contributed by atoms with Crippen molar-refractivity contribution in [3.8, 4) is 0 Å². The Bertz CT molecular complexity index is 799. The van der Waals surface area contributed by atoms with Gasteiger partial charge in [0.1, 0.15) is 0 Å². The van der Waals surface area contributed by atoms with Crippen LogP contribution >= 0.6 is 0 Å². The van der Waals surface area contributed by atoms with Crippen molar-refractivity contribution in [3.63, 3.8) is 0 Å². The zero-order valence-corrected chi connectivity index (χ0v) is 11.4. The fraction of sp³-hybridized carbons (Fsp3) is 0.267. The molecule has 1 amide bonds. The van der Waals surface area contributed by atoms with Crippen molar-refractivity contribution in [2.45, 2.75) is 25.3 Å². The summed E-state index contributed by atoms with van der Waals surface area (Å²) >= 11 is 0. The van der Waals surface area contributed by atoms with E-state index in [1.54, 1.807) is 31.0 Å². The van der Waals surface area contributed by atoms with Gasteiger partial charge in [0.2, 0.25) is 0 Å². The molecule has 6 heteroatoms. The highest BCUT2D eigenvalue weighted by Gasteiger charge is 2.20. The van der Waals surface area contributed by atoms with Crippen LogP contribution < -0.4 is 5.32 Å². The monoisotopic (exact) mass is 281 g/mol. The molecule has 1 N–H and O–H groups in total. The maximum Gasteiger partial charge on any atom is 0.257 e. The Hall–Kier alpha value is -2.63. The van der Waals surface area contributed by atoms with Crippen molar-refractivity contribution >= 4 is 17.1 Å². The van der Waals surface area contributed by atoms with Crippen LogP contribution in [0.3, 0.4) is 0 Å². The quantitative estimate of drug-likeness (QED) is 0.802. The van der Waals surface area contributed by atoms with Gasteiger partial charge in [0, 0.05) is 12.4 Å². The van der Waals surface area contributed by atoms with Crippen LogP contribution in [0.1, 0.15) is 35.7 Å². The Morgan fingerprint density at radius 2 is 2.14 bits per heavy atom. The number of hydrogen-bond donors (Lipinski definition) is 1. The number of pyridine rings is 1. The summed E-state index contributed by atoms with van der Waals surface area (Å²) in [5, 5.41) is 7.20. The van der Waals surface area contributed by atoms with E-state index in [4.69, 9.17) is 0 Å². The van der Waals surface area contributed by atoms with Crippen LogP contribution in [-0.4, -0.2) is 25.1 Å². The molecule has 21 heavy (non-hydrogen) atoms. The van der Waals surface area contributed by atoms with Gasteiger partial charge in [0.15, 0.2) is 0 Å². The molecule has 6 nitrogen and oxygen atoms in total. The van der Waals surface area contributed by atoms with Gasteiger partial charge in [-0.2, -0.15) is 5.10 Å². The predicted octanol–water partition coefficient (Wildman–Crippen LogP) is 2.51. The van der Waals surface area contributed by atoms with E-state index in [9.17, 15) is 4.79 Å². The molecule has 0 unspecified atom stereocenters. The van der Waals surface area contributed by atoms with Gasteiger partial charge in [-0.05, 0) is 31.4 Å². The number of nitrogens with one attached hydrogen (secondary N) is 1. The molecule has 1 aliphatic carbocycles. The first-order valence-electron chi connectivity index (χ1n) is 7.07. The summed E-state index contributed by atoms with van der Waals surface area (Å²) in [5.74, 6) is -0.140. The van der Waals surface area contributed by atoms with Crippen molar-refractivity contribution in [3.05, 3.63) is 48.8 Å². The highest BCUT2D eigenvalue weighted by atomic mass is 16.1. The average Bonchev–Trinajstić information content (AvgIpc) is 3.05. The van der Waals surface area contributed by atoms with Crippen LogP contribution in [0.15, 0.2) is 43.2 Å². The Morgan fingerprint density at radius 3 is 2.95 bits per heavy atom. The molecule has 0 spiro atoms. The number of anilines is 1. The predicted molar refractivity (Wildman–Crippen MR) is 78.3 cm³/mol. The Balaban J connectivity index is 1.52. The number of amides is 1. The lowest BCUT2D eigenvalue weighted by Gasteiger charge is -2.25. The van der Waals surface area contributed by atoms with E-state index in [2.05, 4.69) is 15.4 Å². The van der Waals surface area contributed by atoms with Gasteiger partial charge < -0.3 is 9.72 Å². The smallest absolute Gasteiger partial charge is 0.257 e.